The standard InChI is InChI=1S/C13H16FN3/c1-9-8-17(13(15-3)16-9)10(2)11-6-4-5-7-12(11)14/h4-8,10H,1-3H3,(H,15,16). The fourth-order valence-electron chi connectivity index (χ4n) is 1.96. The first kappa shape index (κ1) is 11.6. The molecular formula is C13H16FN3. The minimum Gasteiger partial charge on any atom is -0.359 e. The van der Waals surface area contributed by atoms with Crippen LogP contribution in [0.5, 0.6) is 0 Å². The molecule has 90 valence electrons. The van der Waals surface area contributed by atoms with Crippen molar-refractivity contribution in [2.75, 3.05) is 12.4 Å². The summed E-state index contributed by atoms with van der Waals surface area (Å²) in [6.45, 7) is 3.88. The van der Waals surface area contributed by atoms with Gasteiger partial charge in [0.05, 0.1) is 11.7 Å². The molecule has 1 N–H and O–H groups in total. The number of benzene rings is 1. The monoisotopic (exact) mass is 233 g/mol. The lowest BCUT2D eigenvalue weighted by molar-refractivity contribution is 0.560. The van der Waals surface area contributed by atoms with Gasteiger partial charge >= 0.3 is 0 Å². The molecule has 1 heterocycles. The molecule has 17 heavy (non-hydrogen) atoms. The van der Waals surface area contributed by atoms with Gasteiger partial charge in [-0.1, -0.05) is 18.2 Å². The van der Waals surface area contributed by atoms with Crippen LogP contribution in [-0.4, -0.2) is 16.6 Å². The van der Waals surface area contributed by atoms with Crippen LogP contribution in [0, 0.1) is 12.7 Å². The van der Waals surface area contributed by atoms with Crippen LogP contribution in [0.15, 0.2) is 30.5 Å². The second-order valence-electron chi connectivity index (χ2n) is 4.06. The lowest BCUT2D eigenvalue weighted by Crippen LogP contribution is -2.10. The van der Waals surface area contributed by atoms with E-state index in [-0.39, 0.29) is 11.9 Å². The van der Waals surface area contributed by atoms with Gasteiger partial charge in [-0.2, -0.15) is 0 Å². The molecule has 0 aliphatic carbocycles. The summed E-state index contributed by atoms with van der Waals surface area (Å²) in [5.41, 5.74) is 1.58. The van der Waals surface area contributed by atoms with Crippen LogP contribution in [0.25, 0.3) is 0 Å². The number of aryl methyl sites for hydroxylation is 1. The summed E-state index contributed by atoms with van der Waals surface area (Å²) in [5.74, 6) is 0.562. The zero-order chi connectivity index (χ0) is 12.4. The molecule has 3 nitrogen and oxygen atoms in total. The number of hydrogen-bond acceptors (Lipinski definition) is 2. The van der Waals surface area contributed by atoms with Gasteiger partial charge in [0.25, 0.3) is 0 Å². The topological polar surface area (TPSA) is 29.9 Å². The maximum atomic E-state index is 13.7. The SMILES string of the molecule is CNc1nc(C)cn1C(C)c1ccccc1F. The third-order valence-electron chi connectivity index (χ3n) is 2.85. The maximum Gasteiger partial charge on any atom is 0.203 e. The van der Waals surface area contributed by atoms with E-state index in [0.717, 1.165) is 11.6 Å². The van der Waals surface area contributed by atoms with E-state index in [4.69, 9.17) is 0 Å². The fourth-order valence-corrected chi connectivity index (χ4v) is 1.96. The largest absolute Gasteiger partial charge is 0.359 e. The Morgan fingerprint density at radius 2 is 2.06 bits per heavy atom. The second kappa shape index (κ2) is 4.57. The van der Waals surface area contributed by atoms with Gasteiger partial charge in [0, 0.05) is 18.8 Å². The summed E-state index contributed by atoms with van der Waals surface area (Å²) in [7, 11) is 1.81. The average Bonchev–Trinajstić information content (AvgIpc) is 2.70. The summed E-state index contributed by atoms with van der Waals surface area (Å²) < 4.78 is 15.7. The highest BCUT2D eigenvalue weighted by molar-refractivity contribution is 5.32. The van der Waals surface area contributed by atoms with Crippen molar-refractivity contribution in [3.8, 4) is 0 Å². The quantitative estimate of drug-likeness (QED) is 0.883. The van der Waals surface area contributed by atoms with Crippen molar-refractivity contribution in [1.82, 2.24) is 9.55 Å². The molecule has 1 atom stereocenters. The van der Waals surface area contributed by atoms with Gasteiger partial charge in [-0.05, 0) is 19.9 Å². The Morgan fingerprint density at radius 1 is 1.35 bits per heavy atom. The highest BCUT2D eigenvalue weighted by Crippen LogP contribution is 2.24. The molecule has 0 saturated carbocycles. The molecule has 0 spiro atoms. The first-order valence-corrected chi connectivity index (χ1v) is 5.61. The Labute approximate surface area is 100 Å². The third-order valence-corrected chi connectivity index (χ3v) is 2.85. The van der Waals surface area contributed by atoms with Crippen molar-refractivity contribution in [1.29, 1.82) is 0 Å². The van der Waals surface area contributed by atoms with Crippen molar-refractivity contribution < 1.29 is 4.39 Å². The molecule has 0 radical (unpaired) electrons. The molecule has 0 amide bonds. The molecular weight excluding hydrogens is 217 g/mol. The number of halogens is 1. The summed E-state index contributed by atoms with van der Waals surface area (Å²) >= 11 is 0. The Balaban J connectivity index is 2.43. The predicted octanol–water partition coefficient (Wildman–Crippen LogP) is 2.98. The summed E-state index contributed by atoms with van der Waals surface area (Å²) in [4.78, 5) is 4.33. The molecule has 1 aromatic carbocycles. The molecule has 0 bridgehead atoms. The number of nitrogens with zero attached hydrogens (tertiary/aromatic N) is 2. The zero-order valence-electron chi connectivity index (χ0n) is 10.2. The molecule has 0 aliphatic heterocycles. The number of anilines is 1. The molecule has 2 aromatic rings. The predicted molar refractivity (Wildman–Crippen MR) is 66.7 cm³/mol. The number of aromatic nitrogens is 2. The van der Waals surface area contributed by atoms with Crippen molar-refractivity contribution in [2.45, 2.75) is 19.9 Å². The minimum atomic E-state index is -0.187. The molecule has 0 saturated heterocycles. The van der Waals surface area contributed by atoms with Crippen LogP contribution in [0.1, 0.15) is 24.2 Å². The van der Waals surface area contributed by atoms with Crippen LogP contribution in [0.2, 0.25) is 0 Å². The third kappa shape index (κ3) is 2.16. The molecule has 4 heteroatoms. The Bertz CT molecular complexity index is 519. The highest BCUT2D eigenvalue weighted by atomic mass is 19.1. The van der Waals surface area contributed by atoms with E-state index in [0.29, 0.717) is 5.56 Å². The van der Waals surface area contributed by atoms with E-state index in [1.54, 1.807) is 12.1 Å². The van der Waals surface area contributed by atoms with E-state index in [1.165, 1.54) is 6.07 Å². The second-order valence-corrected chi connectivity index (χ2v) is 4.06. The maximum absolute atomic E-state index is 13.7. The smallest absolute Gasteiger partial charge is 0.203 e. The Hall–Kier alpha value is -1.84. The van der Waals surface area contributed by atoms with Gasteiger partial charge in [-0.25, -0.2) is 9.37 Å². The van der Waals surface area contributed by atoms with Gasteiger partial charge in [-0.3, -0.25) is 0 Å². The van der Waals surface area contributed by atoms with Crippen molar-refractivity contribution >= 4 is 5.95 Å². The summed E-state index contributed by atoms with van der Waals surface area (Å²) in [5, 5.41) is 3.02. The van der Waals surface area contributed by atoms with E-state index in [2.05, 4.69) is 10.3 Å². The first-order chi connectivity index (χ1) is 8.13. The Morgan fingerprint density at radius 3 is 2.71 bits per heavy atom. The van der Waals surface area contributed by atoms with Crippen molar-refractivity contribution in [2.24, 2.45) is 0 Å². The van der Waals surface area contributed by atoms with Crippen molar-refractivity contribution in [3.05, 3.63) is 47.5 Å². The number of nitrogens with one attached hydrogen (secondary N) is 1. The van der Waals surface area contributed by atoms with Crippen LogP contribution in [-0.2, 0) is 0 Å². The number of hydrogen-bond donors (Lipinski definition) is 1. The molecule has 2 rings (SSSR count). The summed E-state index contributed by atoms with van der Waals surface area (Å²) in [6, 6.07) is 6.74. The molecule has 1 aromatic heterocycles. The van der Waals surface area contributed by atoms with Crippen molar-refractivity contribution in [3.63, 3.8) is 0 Å². The minimum absolute atomic E-state index is 0.0835. The van der Waals surface area contributed by atoms with E-state index in [1.807, 2.05) is 37.7 Å². The Kier molecular flexibility index (Phi) is 3.13. The van der Waals surface area contributed by atoms with Crippen LogP contribution in [0.4, 0.5) is 10.3 Å². The molecule has 1 unspecified atom stereocenters. The molecule has 0 fully saturated rings. The van der Waals surface area contributed by atoms with E-state index in [9.17, 15) is 4.39 Å². The zero-order valence-corrected chi connectivity index (χ0v) is 10.2. The van der Waals surface area contributed by atoms with Gasteiger partial charge in [0.1, 0.15) is 5.82 Å². The van der Waals surface area contributed by atoms with Crippen LogP contribution < -0.4 is 5.32 Å². The molecule has 0 aliphatic rings. The van der Waals surface area contributed by atoms with Gasteiger partial charge < -0.3 is 9.88 Å². The van der Waals surface area contributed by atoms with Crippen LogP contribution >= 0.6 is 0 Å². The van der Waals surface area contributed by atoms with E-state index >= 15 is 0 Å². The normalized spacial score (nSPS) is 12.5. The summed E-state index contributed by atoms with van der Waals surface area (Å²) in [6.07, 6.45) is 1.92. The van der Waals surface area contributed by atoms with Gasteiger partial charge in [-0.15, -0.1) is 0 Å². The lowest BCUT2D eigenvalue weighted by atomic mass is 10.1. The van der Waals surface area contributed by atoms with Gasteiger partial charge in [0.15, 0.2) is 0 Å². The van der Waals surface area contributed by atoms with Crippen LogP contribution in [0.3, 0.4) is 0 Å². The van der Waals surface area contributed by atoms with Gasteiger partial charge in [0.2, 0.25) is 5.95 Å². The number of imidazole rings is 1. The highest BCUT2D eigenvalue weighted by Gasteiger charge is 2.15. The van der Waals surface area contributed by atoms with E-state index < -0.39 is 0 Å². The lowest BCUT2D eigenvalue weighted by Gasteiger charge is -2.16. The first-order valence-electron chi connectivity index (χ1n) is 5.61. The average molecular weight is 233 g/mol. The number of rotatable bonds is 3. The fraction of sp³-hybridized carbons (Fsp3) is 0.308.